The molecule has 5 heteroatoms. The zero-order valence-electron chi connectivity index (χ0n) is 13.1. The van der Waals surface area contributed by atoms with Gasteiger partial charge in [-0.05, 0) is 43.9 Å². The molecule has 2 saturated heterocycles. The zero-order valence-corrected chi connectivity index (χ0v) is 13.1. The number of likely N-dealkylation sites (N-methyl/N-ethyl adjacent to an activating group) is 1. The molecule has 2 amide bonds. The van der Waals surface area contributed by atoms with Crippen molar-refractivity contribution in [2.75, 3.05) is 26.7 Å². The van der Waals surface area contributed by atoms with Crippen molar-refractivity contribution in [3.05, 3.63) is 29.8 Å². The van der Waals surface area contributed by atoms with Crippen molar-refractivity contribution >= 4 is 11.8 Å². The summed E-state index contributed by atoms with van der Waals surface area (Å²) < 4.78 is 5.18. The van der Waals surface area contributed by atoms with E-state index in [2.05, 4.69) is 0 Å². The number of carbonyl (C=O) groups is 2. The lowest BCUT2D eigenvalue weighted by molar-refractivity contribution is -0.143. The number of benzene rings is 1. The Morgan fingerprint density at radius 3 is 2.95 bits per heavy atom. The monoisotopic (exact) mass is 302 g/mol. The third-order valence-corrected chi connectivity index (χ3v) is 4.75. The predicted molar refractivity (Wildman–Crippen MR) is 82.8 cm³/mol. The normalized spacial score (nSPS) is 24.4. The number of hydrogen-bond donors (Lipinski definition) is 0. The van der Waals surface area contributed by atoms with Crippen LogP contribution in [-0.4, -0.2) is 54.4 Å². The summed E-state index contributed by atoms with van der Waals surface area (Å²) in [6, 6.07) is 6.83. The van der Waals surface area contributed by atoms with Crippen LogP contribution in [0.3, 0.4) is 0 Å². The van der Waals surface area contributed by atoms with Crippen molar-refractivity contribution in [2.45, 2.75) is 25.8 Å². The van der Waals surface area contributed by atoms with E-state index in [1.54, 1.807) is 30.2 Å². The average Bonchev–Trinajstić information content (AvgIpc) is 2.57. The summed E-state index contributed by atoms with van der Waals surface area (Å²) >= 11 is 0. The van der Waals surface area contributed by atoms with E-state index in [4.69, 9.17) is 4.74 Å². The lowest BCUT2D eigenvalue weighted by Crippen LogP contribution is -2.60. The first-order valence-corrected chi connectivity index (χ1v) is 7.87. The van der Waals surface area contributed by atoms with E-state index in [1.165, 1.54) is 0 Å². The molecular weight excluding hydrogens is 280 g/mol. The highest BCUT2D eigenvalue weighted by Crippen LogP contribution is 2.31. The molecular formula is C17H22N2O3. The number of fused-ring (bicyclic) bond motifs is 2. The Labute approximate surface area is 130 Å². The van der Waals surface area contributed by atoms with Crippen LogP contribution in [0.15, 0.2) is 24.3 Å². The number of methoxy groups -OCH3 is 1. The number of piperidine rings is 2. The van der Waals surface area contributed by atoms with Gasteiger partial charge in [0, 0.05) is 25.2 Å². The van der Waals surface area contributed by atoms with E-state index < -0.39 is 0 Å². The fourth-order valence-corrected chi connectivity index (χ4v) is 3.50. The van der Waals surface area contributed by atoms with E-state index in [-0.39, 0.29) is 17.9 Å². The molecule has 5 nitrogen and oxygen atoms in total. The minimum Gasteiger partial charge on any atom is -0.497 e. The van der Waals surface area contributed by atoms with Crippen LogP contribution < -0.4 is 4.74 Å². The number of hydrogen-bond acceptors (Lipinski definition) is 3. The van der Waals surface area contributed by atoms with Crippen molar-refractivity contribution in [3.63, 3.8) is 0 Å². The molecule has 0 unspecified atom stereocenters. The van der Waals surface area contributed by atoms with Gasteiger partial charge < -0.3 is 14.5 Å². The molecule has 0 N–H and O–H groups in total. The van der Waals surface area contributed by atoms with Gasteiger partial charge in [0.15, 0.2) is 0 Å². The smallest absolute Gasteiger partial charge is 0.254 e. The van der Waals surface area contributed by atoms with E-state index in [1.807, 2.05) is 17.9 Å². The Bertz CT molecular complexity index is 587. The molecule has 0 aliphatic carbocycles. The molecule has 0 saturated carbocycles. The van der Waals surface area contributed by atoms with Gasteiger partial charge in [-0.25, -0.2) is 0 Å². The summed E-state index contributed by atoms with van der Waals surface area (Å²) in [4.78, 5) is 29.0. The maximum atomic E-state index is 12.8. The van der Waals surface area contributed by atoms with Crippen LogP contribution in [-0.2, 0) is 4.79 Å². The summed E-state index contributed by atoms with van der Waals surface area (Å²) in [6.07, 6.45) is 1.76. The minimum atomic E-state index is -0.300. The van der Waals surface area contributed by atoms with Gasteiger partial charge in [0.1, 0.15) is 11.8 Å². The van der Waals surface area contributed by atoms with Crippen LogP contribution in [0.4, 0.5) is 0 Å². The largest absolute Gasteiger partial charge is 0.497 e. The van der Waals surface area contributed by atoms with E-state index >= 15 is 0 Å². The number of likely N-dealkylation sites (tertiary alicyclic amines) is 2. The second kappa shape index (κ2) is 5.99. The summed E-state index contributed by atoms with van der Waals surface area (Å²) in [5, 5.41) is 0. The summed E-state index contributed by atoms with van der Waals surface area (Å²) in [7, 11) is 1.58. The van der Waals surface area contributed by atoms with Crippen molar-refractivity contribution in [3.8, 4) is 5.75 Å². The van der Waals surface area contributed by atoms with Crippen molar-refractivity contribution < 1.29 is 14.3 Å². The highest BCUT2D eigenvalue weighted by Gasteiger charge is 2.42. The first kappa shape index (κ1) is 14.9. The fraction of sp³-hybridized carbons (Fsp3) is 0.529. The average molecular weight is 302 g/mol. The van der Waals surface area contributed by atoms with Crippen LogP contribution in [0.5, 0.6) is 5.75 Å². The number of amides is 2. The van der Waals surface area contributed by atoms with E-state index in [0.717, 1.165) is 19.4 Å². The van der Waals surface area contributed by atoms with Gasteiger partial charge in [0.25, 0.3) is 5.91 Å². The highest BCUT2D eigenvalue weighted by molar-refractivity contribution is 5.98. The van der Waals surface area contributed by atoms with Gasteiger partial charge in [-0.2, -0.15) is 0 Å². The molecule has 2 aliphatic rings. The molecule has 1 aromatic carbocycles. The van der Waals surface area contributed by atoms with E-state index in [0.29, 0.717) is 30.3 Å². The molecule has 118 valence electrons. The van der Waals surface area contributed by atoms with Gasteiger partial charge in [-0.1, -0.05) is 6.07 Å². The Morgan fingerprint density at radius 2 is 2.23 bits per heavy atom. The summed E-state index contributed by atoms with van der Waals surface area (Å²) in [5.41, 5.74) is 0.583. The van der Waals surface area contributed by atoms with Crippen LogP contribution in [0, 0.1) is 5.92 Å². The lowest BCUT2D eigenvalue weighted by Gasteiger charge is -2.46. The molecule has 1 aromatic rings. The second-order valence-corrected chi connectivity index (χ2v) is 6.01. The molecule has 2 fully saturated rings. The van der Waals surface area contributed by atoms with Gasteiger partial charge in [0.05, 0.1) is 7.11 Å². The van der Waals surface area contributed by atoms with Crippen molar-refractivity contribution in [1.82, 2.24) is 9.80 Å². The van der Waals surface area contributed by atoms with Gasteiger partial charge in [-0.15, -0.1) is 0 Å². The van der Waals surface area contributed by atoms with Crippen LogP contribution in [0.2, 0.25) is 0 Å². The zero-order chi connectivity index (χ0) is 15.7. The Morgan fingerprint density at radius 1 is 1.41 bits per heavy atom. The number of nitrogens with zero attached hydrogens (tertiary/aromatic N) is 2. The maximum Gasteiger partial charge on any atom is 0.254 e. The van der Waals surface area contributed by atoms with Crippen molar-refractivity contribution in [2.24, 2.45) is 5.92 Å². The third-order valence-electron chi connectivity index (χ3n) is 4.75. The maximum absolute atomic E-state index is 12.8. The minimum absolute atomic E-state index is 0.0753. The predicted octanol–water partition coefficient (Wildman–Crippen LogP) is 1.78. The highest BCUT2D eigenvalue weighted by atomic mass is 16.5. The summed E-state index contributed by atoms with van der Waals surface area (Å²) in [6.45, 7) is 4.21. The summed E-state index contributed by atoms with van der Waals surface area (Å²) in [5.74, 6) is 1.20. The third kappa shape index (κ3) is 2.56. The quantitative estimate of drug-likeness (QED) is 0.855. The molecule has 0 spiro atoms. The van der Waals surface area contributed by atoms with Gasteiger partial charge in [-0.3, -0.25) is 9.59 Å². The second-order valence-electron chi connectivity index (χ2n) is 6.01. The van der Waals surface area contributed by atoms with Crippen molar-refractivity contribution in [1.29, 1.82) is 0 Å². The molecule has 3 rings (SSSR count). The van der Waals surface area contributed by atoms with Crippen LogP contribution in [0.1, 0.15) is 30.1 Å². The molecule has 2 bridgehead atoms. The molecule has 22 heavy (non-hydrogen) atoms. The van der Waals surface area contributed by atoms with E-state index in [9.17, 15) is 9.59 Å². The van der Waals surface area contributed by atoms with Gasteiger partial charge >= 0.3 is 0 Å². The molecule has 2 heterocycles. The molecule has 0 aromatic heterocycles. The lowest BCUT2D eigenvalue weighted by atomic mass is 9.85. The molecule has 0 radical (unpaired) electrons. The number of carbonyl (C=O) groups excluding carboxylic acids is 2. The Hall–Kier alpha value is -2.04. The SMILES string of the molecule is CCN1C[C@H]2CCN(C(=O)c3cccc(OC)c3)[C@H](C2)C1=O. The van der Waals surface area contributed by atoms with Gasteiger partial charge in [0.2, 0.25) is 5.91 Å². The topological polar surface area (TPSA) is 49.9 Å². The molecule has 2 aliphatic heterocycles. The number of ether oxygens (including phenoxy) is 1. The Kier molecular flexibility index (Phi) is 4.05. The first-order valence-electron chi connectivity index (χ1n) is 7.87. The Balaban J connectivity index is 1.84. The van der Waals surface area contributed by atoms with Crippen LogP contribution in [0.25, 0.3) is 0 Å². The van der Waals surface area contributed by atoms with Crippen LogP contribution >= 0.6 is 0 Å². The first-order chi connectivity index (χ1) is 10.6. The standard InChI is InChI=1S/C17H22N2O3/c1-3-18-11-12-7-8-19(15(9-12)17(18)21)16(20)13-5-4-6-14(10-13)22-2/h4-6,10,12,15H,3,7-9,11H2,1-2H3/t12-,15+/m0/s1. The fourth-order valence-electron chi connectivity index (χ4n) is 3.50. The molecule has 2 atom stereocenters. The number of rotatable bonds is 3.